The lowest BCUT2D eigenvalue weighted by Crippen LogP contribution is -2.01. The molecule has 4 heteroatoms. The number of fused-ring (bicyclic) bond motifs is 7. The molecule has 2 heterocycles. The Kier molecular flexibility index (Phi) is 5.22. The predicted octanol–water partition coefficient (Wildman–Crippen LogP) is 9.29. The van der Waals surface area contributed by atoms with Gasteiger partial charge in [0.2, 0.25) is 0 Å². The van der Waals surface area contributed by atoms with E-state index in [0.717, 1.165) is 55.2 Å². The highest BCUT2D eigenvalue weighted by Crippen LogP contribution is 2.42. The molecule has 0 saturated carbocycles. The third kappa shape index (κ3) is 3.40. The van der Waals surface area contributed by atoms with E-state index in [4.69, 9.17) is 0 Å². The zero-order chi connectivity index (χ0) is 28.2. The number of para-hydroxylation sites is 2. The van der Waals surface area contributed by atoms with Crippen LogP contribution < -0.4 is 0 Å². The first-order valence-corrected chi connectivity index (χ1v) is 13.8. The van der Waals surface area contributed by atoms with Crippen molar-refractivity contribution in [1.29, 1.82) is 10.5 Å². The van der Waals surface area contributed by atoms with Crippen molar-refractivity contribution in [2.24, 2.45) is 0 Å². The fourth-order valence-electron chi connectivity index (χ4n) is 6.34. The molecule has 0 bridgehead atoms. The second kappa shape index (κ2) is 9.24. The maximum absolute atomic E-state index is 10.2. The molecule has 0 fully saturated rings. The average molecular weight is 535 g/mol. The van der Waals surface area contributed by atoms with Gasteiger partial charge < -0.3 is 9.13 Å². The number of hydrogen-bond acceptors (Lipinski definition) is 2. The van der Waals surface area contributed by atoms with Gasteiger partial charge >= 0.3 is 0 Å². The van der Waals surface area contributed by atoms with E-state index >= 15 is 0 Å². The van der Waals surface area contributed by atoms with E-state index in [1.807, 2.05) is 18.2 Å². The predicted molar refractivity (Wildman–Crippen MR) is 170 cm³/mol. The van der Waals surface area contributed by atoms with Gasteiger partial charge in [-0.1, -0.05) is 91.0 Å². The van der Waals surface area contributed by atoms with E-state index in [1.165, 1.54) is 10.9 Å². The molecule has 0 atom stereocenters. The quantitative estimate of drug-likeness (QED) is 0.227. The molecule has 0 N–H and O–H groups in total. The molecule has 0 aliphatic rings. The van der Waals surface area contributed by atoms with Crippen molar-refractivity contribution >= 4 is 43.6 Å². The summed E-state index contributed by atoms with van der Waals surface area (Å²) in [4.78, 5) is 0. The highest BCUT2D eigenvalue weighted by atomic mass is 15.0. The van der Waals surface area contributed by atoms with E-state index in [0.29, 0.717) is 11.1 Å². The third-order valence-corrected chi connectivity index (χ3v) is 8.19. The number of benzene rings is 6. The van der Waals surface area contributed by atoms with Crippen LogP contribution in [-0.2, 0) is 0 Å². The number of nitriles is 2. The van der Waals surface area contributed by atoms with Gasteiger partial charge in [-0.2, -0.15) is 10.5 Å². The molecule has 6 aromatic carbocycles. The van der Waals surface area contributed by atoms with Gasteiger partial charge in [0, 0.05) is 27.2 Å². The highest BCUT2D eigenvalue weighted by Gasteiger charge is 2.22. The van der Waals surface area contributed by atoms with Crippen LogP contribution in [0.1, 0.15) is 11.1 Å². The lowest BCUT2D eigenvalue weighted by Gasteiger charge is -2.14. The van der Waals surface area contributed by atoms with Gasteiger partial charge in [-0.05, 0) is 53.6 Å². The van der Waals surface area contributed by atoms with Crippen molar-refractivity contribution in [2.75, 3.05) is 0 Å². The third-order valence-electron chi connectivity index (χ3n) is 8.19. The van der Waals surface area contributed by atoms with E-state index in [9.17, 15) is 10.5 Å². The van der Waals surface area contributed by atoms with Gasteiger partial charge in [-0.25, -0.2) is 0 Å². The van der Waals surface area contributed by atoms with Crippen LogP contribution in [0.4, 0.5) is 0 Å². The summed E-state index contributed by atoms with van der Waals surface area (Å²) in [7, 11) is 0. The van der Waals surface area contributed by atoms with Gasteiger partial charge in [0.25, 0.3) is 0 Å². The Bertz CT molecular complexity index is 2410. The Morgan fingerprint density at radius 2 is 1.02 bits per heavy atom. The lowest BCUT2D eigenvalue weighted by atomic mass is 10.1. The Labute approximate surface area is 242 Å². The van der Waals surface area contributed by atoms with Crippen LogP contribution in [0, 0.1) is 22.7 Å². The standard InChI is InChI=1S/C38H22N4/c39-23-25-14-21-34(28(22-25)24-40)42-36-13-7-5-11-31(36)33-20-19-32-30-10-4-6-12-35(30)41(37(32)38(33)42)29-17-15-27(16-18-29)26-8-2-1-3-9-26/h1-22H. The van der Waals surface area contributed by atoms with Gasteiger partial charge in [0.15, 0.2) is 0 Å². The molecule has 4 nitrogen and oxygen atoms in total. The largest absolute Gasteiger partial charge is 0.307 e. The normalized spacial score (nSPS) is 11.3. The fraction of sp³-hybridized carbons (Fsp3) is 0. The monoisotopic (exact) mass is 534 g/mol. The minimum atomic E-state index is 0.462. The zero-order valence-corrected chi connectivity index (χ0v) is 22.5. The Hall–Kier alpha value is -6.10. The van der Waals surface area contributed by atoms with Crippen molar-refractivity contribution in [3.05, 3.63) is 145 Å². The molecule has 0 saturated heterocycles. The number of aromatic nitrogens is 2. The minimum absolute atomic E-state index is 0.462. The number of rotatable bonds is 3. The second-order valence-electron chi connectivity index (χ2n) is 10.4. The maximum Gasteiger partial charge on any atom is 0.101 e. The number of hydrogen-bond donors (Lipinski definition) is 0. The molecule has 0 spiro atoms. The lowest BCUT2D eigenvalue weighted by molar-refractivity contribution is 1.14. The fourth-order valence-corrected chi connectivity index (χ4v) is 6.34. The minimum Gasteiger partial charge on any atom is -0.307 e. The van der Waals surface area contributed by atoms with Crippen LogP contribution in [0.5, 0.6) is 0 Å². The van der Waals surface area contributed by atoms with E-state index in [1.54, 1.807) is 12.1 Å². The van der Waals surface area contributed by atoms with Crippen molar-refractivity contribution in [1.82, 2.24) is 9.13 Å². The van der Waals surface area contributed by atoms with Crippen LogP contribution in [0.2, 0.25) is 0 Å². The summed E-state index contributed by atoms with van der Waals surface area (Å²) in [6, 6.07) is 50.2. The molecule has 42 heavy (non-hydrogen) atoms. The summed E-state index contributed by atoms with van der Waals surface area (Å²) in [5.74, 6) is 0. The molecule has 0 aliphatic carbocycles. The molecule has 8 aromatic rings. The van der Waals surface area contributed by atoms with E-state index < -0.39 is 0 Å². The van der Waals surface area contributed by atoms with Crippen LogP contribution in [0.25, 0.3) is 66.1 Å². The topological polar surface area (TPSA) is 57.4 Å². The summed E-state index contributed by atoms with van der Waals surface area (Å²) in [5.41, 5.74) is 9.31. The Balaban J connectivity index is 1.53. The molecule has 0 radical (unpaired) electrons. The van der Waals surface area contributed by atoms with Gasteiger partial charge in [-0.15, -0.1) is 0 Å². The smallest absolute Gasteiger partial charge is 0.101 e. The zero-order valence-electron chi connectivity index (χ0n) is 22.5. The van der Waals surface area contributed by atoms with Gasteiger partial charge in [-0.3, -0.25) is 0 Å². The summed E-state index contributed by atoms with van der Waals surface area (Å²) in [5, 5.41) is 24.2. The molecule has 8 rings (SSSR count). The summed E-state index contributed by atoms with van der Waals surface area (Å²) >= 11 is 0. The van der Waals surface area contributed by atoms with Crippen molar-refractivity contribution < 1.29 is 0 Å². The number of nitrogens with zero attached hydrogens (tertiary/aromatic N) is 4. The highest BCUT2D eigenvalue weighted by molar-refractivity contribution is 6.23. The van der Waals surface area contributed by atoms with Crippen LogP contribution in [-0.4, -0.2) is 9.13 Å². The van der Waals surface area contributed by atoms with Gasteiger partial charge in [0.05, 0.1) is 45.0 Å². The SMILES string of the molecule is N#Cc1ccc(-n2c3ccccc3c3ccc4c5ccccc5n(-c5ccc(-c6ccccc6)cc5)c4c32)c(C#N)c1. The van der Waals surface area contributed by atoms with Crippen molar-refractivity contribution in [3.8, 4) is 34.6 Å². The first-order valence-electron chi connectivity index (χ1n) is 13.8. The van der Waals surface area contributed by atoms with Crippen LogP contribution >= 0.6 is 0 Å². The first-order chi connectivity index (χ1) is 20.8. The maximum atomic E-state index is 10.2. The second-order valence-corrected chi connectivity index (χ2v) is 10.4. The van der Waals surface area contributed by atoms with Gasteiger partial charge in [0.1, 0.15) is 6.07 Å². The molecular weight excluding hydrogens is 512 g/mol. The molecule has 2 aromatic heterocycles. The molecule has 0 aliphatic heterocycles. The average Bonchev–Trinajstić information content (AvgIpc) is 3.58. The van der Waals surface area contributed by atoms with Crippen LogP contribution in [0.3, 0.4) is 0 Å². The molecule has 0 unspecified atom stereocenters. The van der Waals surface area contributed by atoms with Crippen molar-refractivity contribution in [3.63, 3.8) is 0 Å². The summed E-state index contributed by atoms with van der Waals surface area (Å²) in [6.45, 7) is 0. The van der Waals surface area contributed by atoms with Crippen LogP contribution in [0.15, 0.2) is 133 Å². The summed E-state index contributed by atoms with van der Waals surface area (Å²) in [6.07, 6.45) is 0. The van der Waals surface area contributed by atoms with E-state index in [-0.39, 0.29) is 0 Å². The first kappa shape index (κ1) is 23.8. The van der Waals surface area contributed by atoms with E-state index in [2.05, 4.69) is 124 Å². The Morgan fingerprint density at radius 1 is 0.452 bits per heavy atom. The Morgan fingerprint density at radius 3 is 1.67 bits per heavy atom. The molecule has 194 valence electrons. The van der Waals surface area contributed by atoms with Crippen molar-refractivity contribution in [2.45, 2.75) is 0 Å². The molecule has 0 amide bonds. The summed E-state index contributed by atoms with van der Waals surface area (Å²) < 4.78 is 4.53. The molecular formula is C38H22N4.